The molecule has 2 aromatic carbocycles. The molecule has 1 heterocycles. The first-order chi connectivity index (χ1) is 9.10. The Hall–Kier alpha value is -2.69. The Kier molecular flexibility index (Phi) is 2.35. The summed E-state index contributed by atoms with van der Waals surface area (Å²) < 4.78 is 5.59. The maximum Gasteiger partial charge on any atom is 0.139 e. The van der Waals surface area contributed by atoms with Crippen LogP contribution in [0, 0.1) is 0 Å². The van der Waals surface area contributed by atoms with Gasteiger partial charge in [-0.2, -0.15) is 0 Å². The van der Waals surface area contributed by atoms with Crippen molar-refractivity contribution in [2.24, 2.45) is 0 Å². The SMILES string of the molecule is Nc1ccc2c(c1)Oc1cc(O)cc(O)c1C2C=O. The molecule has 1 atom stereocenters. The highest BCUT2D eigenvalue weighted by Gasteiger charge is 2.30. The van der Waals surface area contributed by atoms with Gasteiger partial charge in [0.25, 0.3) is 0 Å². The zero-order valence-electron chi connectivity index (χ0n) is 9.83. The van der Waals surface area contributed by atoms with E-state index in [2.05, 4.69) is 0 Å². The van der Waals surface area contributed by atoms with Gasteiger partial charge in [-0.1, -0.05) is 6.07 Å². The lowest BCUT2D eigenvalue weighted by molar-refractivity contribution is -0.108. The van der Waals surface area contributed by atoms with Crippen molar-refractivity contribution in [2.45, 2.75) is 5.92 Å². The zero-order chi connectivity index (χ0) is 13.6. The highest BCUT2D eigenvalue weighted by molar-refractivity contribution is 5.77. The molecule has 0 bridgehead atoms. The number of carbonyl (C=O) groups is 1. The van der Waals surface area contributed by atoms with E-state index in [1.807, 2.05) is 0 Å². The Labute approximate surface area is 108 Å². The number of aldehydes is 1. The summed E-state index contributed by atoms with van der Waals surface area (Å²) in [6, 6.07) is 7.51. The third-order valence-electron chi connectivity index (χ3n) is 3.14. The van der Waals surface area contributed by atoms with Crippen molar-refractivity contribution in [1.29, 1.82) is 0 Å². The van der Waals surface area contributed by atoms with Crippen LogP contribution in [0.5, 0.6) is 23.0 Å². The number of anilines is 1. The predicted molar refractivity (Wildman–Crippen MR) is 68.6 cm³/mol. The summed E-state index contributed by atoms with van der Waals surface area (Å²) in [6.45, 7) is 0. The third kappa shape index (κ3) is 1.67. The summed E-state index contributed by atoms with van der Waals surface area (Å²) in [5, 5.41) is 19.4. The number of phenols is 2. The van der Waals surface area contributed by atoms with Gasteiger partial charge in [-0.3, -0.25) is 0 Å². The molecule has 0 spiro atoms. The van der Waals surface area contributed by atoms with Gasteiger partial charge in [0, 0.05) is 29.4 Å². The van der Waals surface area contributed by atoms with Gasteiger partial charge in [-0.15, -0.1) is 0 Å². The normalized spacial score (nSPS) is 16.1. The van der Waals surface area contributed by atoms with Crippen molar-refractivity contribution in [3.05, 3.63) is 41.5 Å². The fraction of sp³-hybridized carbons (Fsp3) is 0.0714. The topological polar surface area (TPSA) is 92.8 Å². The van der Waals surface area contributed by atoms with Crippen LogP contribution >= 0.6 is 0 Å². The van der Waals surface area contributed by atoms with Crippen molar-refractivity contribution >= 4 is 12.0 Å². The number of nitrogens with two attached hydrogens (primary N) is 1. The molecule has 3 rings (SSSR count). The summed E-state index contributed by atoms with van der Waals surface area (Å²) in [7, 11) is 0. The van der Waals surface area contributed by atoms with Crippen LogP contribution in [0.15, 0.2) is 30.3 Å². The molecule has 1 unspecified atom stereocenters. The molecular weight excluding hydrogens is 246 g/mol. The van der Waals surface area contributed by atoms with Gasteiger partial charge in [-0.25, -0.2) is 0 Å². The molecular formula is C14H11NO4. The predicted octanol–water partition coefficient (Wildman–Crippen LogP) is 2.12. The molecule has 19 heavy (non-hydrogen) atoms. The number of fused-ring (bicyclic) bond motifs is 2. The molecule has 0 aromatic heterocycles. The molecule has 0 saturated carbocycles. The highest BCUT2D eigenvalue weighted by atomic mass is 16.5. The van der Waals surface area contributed by atoms with E-state index in [4.69, 9.17) is 10.5 Å². The van der Waals surface area contributed by atoms with Crippen LogP contribution in [0.4, 0.5) is 5.69 Å². The van der Waals surface area contributed by atoms with Crippen LogP contribution in [0.1, 0.15) is 17.0 Å². The van der Waals surface area contributed by atoms with E-state index in [1.54, 1.807) is 18.2 Å². The molecule has 0 radical (unpaired) electrons. The van der Waals surface area contributed by atoms with Crippen molar-refractivity contribution in [3.8, 4) is 23.0 Å². The minimum absolute atomic E-state index is 0.131. The molecule has 1 aliphatic rings. The molecule has 4 N–H and O–H groups in total. The summed E-state index contributed by atoms with van der Waals surface area (Å²) in [5.41, 5.74) is 7.18. The Morgan fingerprint density at radius 3 is 2.68 bits per heavy atom. The quantitative estimate of drug-likeness (QED) is 0.537. The number of phenolic OH excluding ortho intramolecular Hbond substituents is 2. The molecule has 0 amide bonds. The van der Waals surface area contributed by atoms with Crippen LogP contribution in [0.2, 0.25) is 0 Å². The smallest absolute Gasteiger partial charge is 0.139 e. The number of ether oxygens (including phenoxy) is 1. The second-order valence-corrected chi connectivity index (χ2v) is 4.39. The number of benzene rings is 2. The molecule has 2 aromatic rings. The van der Waals surface area contributed by atoms with E-state index in [-0.39, 0.29) is 17.2 Å². The van der Waals surface area contributed by atoms with Gasteiger partial charge in [0.2, 0.25) is 0 Å². The number of nitrogen functional groups attached to an aromatic ring is 1. The van der Waals surface area contributed by atoms with E-state index in [9.17, 15) is 15.0 Å². The van der Waals surface area contributed by atoms with Crippen LogP contribution < -0.4 is 10.5 Å². The summed E-state index contributed by atoms with van der Waals surface area (Å²) in [4.78, 5) is 11.3. The Morgan fingerprint density at radius 1 is 1.16 bits per heavy atom. The van der Waals surface area contributed by atoms with Crippen molar-refractivity contribution in [1.82, 2.24) is 0 Å². The Balaban J connectivity index is 2.26. The van der Waals surface area contributed by atoms with E-state index < -0.39 is 5.92 Å². The number of rotatable bonds is 1. The van der Waals surface area contributed by atoms with Gasteiger partial charge in [0.05, 0.1) is 11.5 Å². The van der Waals surface area contributed by atoms with Gasteiger partial charge in [-0.05, 0) is 6.07 Å². The lowest BCUT2D eigenvalue weighted by Gasteiger charge is -2.25. The molecule has 5 nitrogen and oxygen atoms in total. The molecule has 0 aliphatic carbocycles. The van der Waals surface area contributed by atoms with Gasteiger partial charge < -0.3 is 25.5 Å². The zero-order valence-corrected chi connectivity index (χ0v) is 9.83. The average molecular weight is 257 g/mol. The second-order valence-electron chi connectivity index (χ2n) is 4.39. The number of hydrogen-bond donors (Lipinski definition) is 3. The molecule has 1 aliphatic heterocycles. The maximum atomic E-state index is 11.3. The monoisotopic (exact) mass is 257 g/mol. The van der Waals surface area contributed by atoms with Crippen LogP contribution in [0.3, 0.4) is 0 Å². The van der Waals surface area contributed by atoms with Crippen LogP contribution in [-0.2, 0) is 4.79 Å². The third-order valence-corrected chi connectivity index (χ3v) is 3.14. The van der Waals surface area contributed by atoms with Crippen LogP contribution in [0.25, 0.3) is 0 Å². The van der Waals surface area contributed by atoms with E-state index in [0.29, 0.717) is 22.6 Å². The lowest BCUT2D eigenvalue weighted by Crippen LogP contribution is -2.11. The standard InChI is InChI=1S/C14H11NO4/c15-7-1-2-9-10(6-16)14-11(18)4-8(17)5-13(14)19-12(9)3-7/h1-6,10,17-18H,15H2. The van der Waals surface area contributed by atoms with Gasteiger partial charge >= 0.3 is 0 Å². The first-order valence-electron chi connectivity index (χ1n) is 5.68. The van der Waals surface area contributed by atoms with Crippen molar-refractivity contribution in [2.75, 3.05) is 5.73 Å². The molecule has 5 heteroatoms. The fourth-order valence-electron chi connectivity index (χ4n) is 2.31. The number of carbonyl (C=O) groups excluding carboxylic acids is 1. The minimum atomic E-state index is -0.639. The van der Waals surface area contributed by atoms with Crippen LogP contribution in [-0.4, -0.2) is 16.5 Å². The average Bonchev–Trinajstić information content (AvgIpc) is 2.35. The van der Waals surface area contributed by atoms with E-state index >= 15 is 0 Å². The summed E-state index contributed by atoms with van der Waals surface area (Å²) in [6.07, 6.45) is 0.729. The first kappa shape index (κ1) is 11.4. The van der Waals surface area contributed by atoms with Crippen molar-refractivity contribution in [3.63, 3.8) is 0 Å². The molecule has 96 valence electrons. The highest BCUT2D eigenvalue weighted by Crippen LogP contribution is 2.48. The maximum absolute atomic E-state index is 11.3. The van der Waals surface area contributed by atoms with E-state index in [1.165, 1.54) is 12.1 Å². The second kappa shape index (κ2) is 3.91. The van der Waals surface area contributed by atoms with Gasteiger partial charge in [0.1, 0.15) is 29.3 Å². The largest absolute Gasteiger partial charge is 0.508 e. The summed E-state index contributed by atoms with van der Waals surface area (Å²) >= 11 is 0. The van der Waals surface area contributed by atoms with Gasteiger partial charge in [0.15, 0.2) is 0 Å². The fourth-order valence-corrected chi connectivity index (χ4v) is 2.31. The number of aromatic hydroxyl groups is 2. The minimum Gasteiger partial charge on any atom is -0.508 e. The summed E-state index contributed by atoms with van der Waals surface area (Å²) in [5.74, 6) is -0.231. The molecule has 0 saturated heterocycles. The lowest BCUT2D eigenvalue weighted by atomic mass is 9.88. The van der Waals surface area contributed by atoms with Crippen molar-refractivity contribution < 1.29 is 19.7 Å². The van der Waals surface area contributed by atoms with E-state index in [0.717, 1.165) is 6.29 Å². The molecule has 0 fully saturated rings. The number of hydrogen-bond acceptors (Lipinski definition) is 5. The first-order valence-corrected chi connectivity index (χ1v) is 5.68. The Morgan fingerprint density at radius 2 is 1.95 bits per heavy atom. The Bertz CT molecular complexity index is 681.